The minimum absolute atomic E-state index is 0.0360. The largest absolute Gasteiger partial charge is 0.483 e. The van der Waals surface area contributed by atoms with Crippen LogP contribution in [0.15, 0.2) is 36.9 Å². The summed E-state index contributed by atoms with van der Waals surface area (Å²) in [6.07, 6.45) is 1.87. The molecule has 0 bridgehead atoms. The molecule has 118 valence electrons. The van der Waals surface area contributed by atoms with Crippen LogP contribution in [0.1, 0.15) is 17.3 Å². The number of ether oxygens (including phenoxy) is 1. The predicted molar refractivity (Wildman–Crippen MR) is 85.2 cm³/mol. The van der Waals surface area contributed by atoms with Gasteiger partial charge in [-0.3, -0.25) is 14.5 Å². The summed E-state index contributed by atoms with van der Waals surface area (Å²) in [6, 6.07) is 6.99. The van der Waals surface area contributed by atoms with Gasteiger partial charge >= 0.3 is 0 Å². The highest BCUT2D eigenvalue weighted by atomic mass is 16.5. The van der Waals surface area contributed by atoms with E-state index in [0.717, 1.165) is 19.6 Å². The zero-order valence-corrected chi connectivity index (χ0v) is 13.0. The van der Waals surface area contributed by atoms with E-state index < -0.39 is 0 Å². The fraction of sp³-hybridized carbons (Fsp3) is 0.412. The van der Waals surface area contributed by atoms with Crippen LogP contribution in [-0.4, -0.2) is 60.8 Å². The van der Waals surface area contributed by atoms with Gasteiger partial charge in [-0.2, -0.15) is 0 Å². The fourth-order valence-corrected chi connectivity index (χ4v) is 2.48. The normalized spacial score (nSPS) is 15.4. The second kappa shape index (κ2) is 7.75. The molecule has 5 heteroatoms. The van der Waals surface area contributed by atoms with Gasteiger partial charge in [0.05, 0.1) is 5.56 Å². The number of benzene rings is 1. The predicted octanol–water partition coefficient (Wildman–Crippen LogP) is 1.60. The molecule has 2 rings (SSSR count). The monoisotopic (exact) mass is 302 g/mol. The Morgan fingerprint density at radius 1 is 1.23 bits per heavy atom. The van der Waals surface area contributed by atoms with Gasteiger partial charge in [-0.05, 0) is 19.1 Å². The van der Waals surface area contributed by atoms with Gasteiger partial charge in [-0.1, -0.05) is 18.2 Å². The first-order valence-corrected chi connectivity index (χ1v) is 7.45. The zero-order chi connectivity index (χ0) is 15.9. The van der Waals surface area contributed by atoms with E-state index in [9.17, 15) is 9.59 Å². The van der Waals surface area contributed by atoms with Crippen molar-refractivity contribution in [3.05, 3.63) is 42.5 Å². The number of hydrogen-bond acceptors (Lipinski definition) is 4. The molecule has 1 aromatic rings. The molecule has 0 unspecified atom stereocenters. The van der Waals surface area contributed by atoms with E-state index >= 15 is 0 Å². The Bertz CT molecular complexity index is 549. The lowest BCUT2D eigenvalue weighted by molar-refractivity contribution is -0.135. The van der Waals surface area contributed by atoms with E-state index in [2.05, 4.69) is 11.5 Å². The lowest BCUT2D eigenvalue weighted by atomic mass is 10.1. The second-order valence-electron chi connectivity index (χ2n) is 5.31. The first-order chi connectivity index (χ1) is 10.6. The van der Waals surface area contributed by atoms with Gasteiger partial charge in [0.25, 0.3) is 5.91 Å². The van der Waals surface area contributed by atoms with Crippen molar-refractivity contribution in [2.24, 2.45) is 0 Å². The maximum absolute atomic E-state index is 12.2. The van der Waals surface area contributed by atoms with Crippen LogP contribution >= 0.6 is 0 Å². The van der Waals surface area contributed by atoms with Gasteiger partial charge in [0, 0.05) is 32.7 Å². The minimum atomic E-state index is -0.0684. The number of rotatable bonds is 6. The van der Waals surface area contributed by atoms with E-state index in [-0.39, 0.29) is 18.3 Å². The van der Waals surface area contributed by atoms with Crippen LogP contribution in [0.4, 0.5) is 0 Å². The maximum Gasteiger partial charge on any atom is 0.260 e. The van der Waals surface area contributed by atoms with E-state index in [4.69, 9.17) is 4.74 Å². The standard InChI is InChI=1S/C17H22N2O3/c1-3-8-18-9-11-19(12-10-18)17(21)13-22-16-7-5-4-6-15(16)14(2)20/h3-7H,1,8-13H2,2H3. The lowest BCUT2D eigenvalue weighted by Crippen LogP contribution is -2.49. The van der Waals surface area contributed by atoms with E-state index in [1.54, 1.807) is 29.2 Å². The van der Waals surface area contributed by atoms with Crippen molar-refractivity contribution in [3.8, 4) is 5.75 Å². The molecule has 5 nitrogen and oxygen atoms in total. The van der Waals surface area contributed by atoms with Crippen LogP contribution < -0.4 is 4.74 Å². The number of para-hydroxylation sites is 1. The molecular formula is C17H22N2O3. The molecule has 1 fully saturated rings. The Kier molecular flexibility index (Phi) is 5.72. The van der Waals surface area contributed by atoms with Gasteiger partial charge in [-0.25, -0.2) is 0 Å². The van der Waals surface area contributed by atoms with Crippen molar-refractivity contribution in [3.63, 3.8) is 0 Å². The number of ketones is 1. The first-order valence-electron chi connectivity index (χ1n) is 7.45. The van der Waals surface area contributed by atoms with Crippen LogP contribution in [-0.2, 0) is 4.79 Å². The fourth-order valence-electron chi connectivity index (χ4n) is 2.48. The highest BCUT2D eigenvalue weighted by Gasteiger charge is 2.21. The molecule has 0 atom stereocenters. The van der Waals surface area contributed by atoms with Crippen molar-refractivity contribution in [1.29, 1.82) is 0 Å². The highest BCUT2D eigenvalue weighted by molar-refractivity contribution is 5.96. The molecule has 1 amide bonds. The van der Waals surface area contributed by atoms with Crippen LogP contribution in [0.3, 0.4) is 0 Å². The molecule has 0 radical (unpaired) electrons. The Morgan fingerprint density at radius 3 is 2.55 bits per heavy atom. The van der Waals surface area contributed by atoms with Crippen LogP contribution in [0.25, 0.3) is 0 Å². The number of piperazine rings is 1. The van der Waals surface area contributed by atoms with Gasteiger partial charge in [0.15, 0.2) is 12.4 Å². The zero-order valence-electron chi connectivity index (χ0n) is 13.0. The molecule has 1 aromatic carbocycles. The van der Waals surface area contributed by atoms with E-state index in [1.165, 1.54) is 6.92 Å². The summed E-state index contributed by atoms with van der Waals surface area (Å²) in [5, 5.41) is 0. The lowest BCUT2D eigenvalue weighted by Gasteiger charge is -2.34. The molecule has 1 saturated heterocycles. The van der Waals surface area contributed by atoms with Gasteiger partial charge in [-0.15, -0.1) is 6.58 Å². The Morgan fingerprint density at radius 2 is 1.91 bits per heavy atom. The number of Topliss-reactive ketones (excluding diaryl/α,β-unsaturated/α-hetero) is 1. The van der Waals surface area contributed by atoms with Crippen molar-refractivity contribution in [2.75, 3.05) is 39.3 Å². The average molecular weight is 302 g/mol. The third kappa shape index (κ3) is 4.18. The van der Waals surface area contributed by atoms with Crippen molar-refractivity contribution in [1.82, 2.24) is 9.80 Å². The summed E-state index contributed by atoms with van der Waals surface area (Å²) >= 11 is 0. The Hall–Kier alpha value is -2.14. The summed E-state index contributed by atoms with van der Waals surface area (Å²) in [4.78, 5) is 27.8. The summed E-state index contributed by atoms with van der Waals surface area (Å²) in [5.74, 6) is 0.353. The molecule has 22 heavy (non-hydrogen) atoms. The Labute approximate surface area is 131 Å². The van der Waals surface area contributed by atoms with Crippen LogP contribution in [0, 0.1) is 0 Å². The molecule has 1 aliphatic rings. The van der Waals surface area contributed by atoms with Crippen LogP contribution in [0.5, 0.6) is 5.75 Å². The molecule has 0 N–H and O–H groups in total. The van der Waals surface area contributed by atoms with Crippen molar-refractivity contribution in [2.45, 2.75) is 6.92 Å². The number of carbonyl (C=O) groups excluding carboxylic acids is 2. The van der Waals surface area contributed by atoms with Gasteiger partial charge in [0.2, 0.25) is 0 Å². The maximum atomic E-state index is 12.2. The first kappa shape index (κ1) is 16.2. The summed E-state index contributed by atoms with van der Waals surface area (Å²) in [6.45, 7) is 9.12. The summed E-state index contributed by atoms with van der Waals surface area (Å²) in [5.41, 5.74) is 0.506. The molecule has 0 aliphatic carbocycles. The highest BCUT2D eigenvalue weighted by Crippen LogP contribution is 2.18. The second-order valence-corrected chi connectivity index (χ2v) is 5.31. The van der Waals surface area contributed by atoms with Gasteiger partial charge < -0.3 is 9.64 Å². The van der Waals surface area contributed by atoms with Crippen molar-refractivity contribution < 1.29 is 14.3 Å². The smallest absolute Gasteiger partial charge is 0.260 e. The molecule has 0 aromatic heterocycles. The summed E-state index contributed by atoms with van der Waals surface area (Å²) in [7, 11) is 0. The Balaban J connectivity index is 1.86. The summed E-state index contributed by atoms with van der Waals surface area (Å²) < 4.78 is 5.55. The topological polar surface area (TPSA) is 49.9 Å². The number of nitrogens with zero attached hydrogens (tertiary/aromatic N) is 2. The molecule has 1 aliphatic heterocycles. The molecule has 0 spiro atoms. The molecular weight excluding hydrogens is 280 g/mol. The average Bonchev–Trinajstić information content (AvgIpc) is 2.54. The SMILES string of the molecule is C=CCN1CCN(C(=O)COc2ccccc2C(C)=O)CC1. The number of amides is 1. The molecule has 0 saturated carbocycles. The quantitative estimate of drug-likeness (QED) is 0.591. The van der Waals surface area contributed by atoms with Gasteiger partial charge in [0.1, 0.15) is 5.75 Å². The van der Waals surface area contributed by atoms with Crippen molar-refractivity contribution >= 4 is 11.7 Å². The third-order valence-electron chi connectivity index (χ3n) is 3.73. The minimum Gasteiger partial charge on any atom is -0.483 e. The van der Waals surface area contributed by atoms with E-state index in [0.29, 0.717) is 24.4 Å². The molecule has 1 heterocycles. The van der Waals surface area contributed by atoms with E-state index in [1.807, 2.05) is 6.08 Å². The third-order valence-corrected chi connectivity index (χ3v) is 3.73. The number of carbonyl (C=O) groups is 2. The number of hydrogen-bond donors (Lipinski definition) is 0. The van der Waals surface area contributed by atoms with Crippen LogP contribution in [0.2, 0.25) is 0 Å².